The van der Waals surface area contributed by atoms with E-state index in [4.69, 9.17) is 19.4 Å². The number of rotatable bonds is 7. The van der Waals surface area contributed by atoms with Gasteiger partial charge in [-0.05, 0) is 6.08 Å². The fourth-order valence-corrected chi connectivity index (χ4v) is 5.47. The summed E-state index contributed by atoms with van der Waals surface area (Å²) in [5.41, 5.74) is -1.72. The lowest BCUT2D eigenvalue weighted by Crippen LogP contribution is -2.37. The highest BCUT2D eigenvalue weighted by Crippen LogP contribution is 2.66. The molecular formula is C10H15N2O14P3. The third-order valence-electron chi connectivity index (χ3n) is 3.29. The lowest BCUT2D eigenvalue weighted by molar-refractivity contribution is -0.0297. The lowest BCUT2D eigenvalue weighted by atomic mass is 10.1. The Labute approximate surface area is 160 Å². The number of H-pyrrole nitrogens is 1. The molecule has 1 aromatic heterocycles. The third kappa shape index (κ3) is 6.62. The van der Waals surface area contributed by atoms with E-state index >= 15 is 0 Å². The summed E-state index contributed by atoms with van der Waals surface area (Å²) < 4.78 is 46.7. The van der Waals surface area contributed by atoms with Crippen molar-refractivity contribution in [2.75, 3.05) is 0 Å². The standard InChI is InChI=1S/C10H15N2O14P3/c13-6-1-3-12(10(16)11-6)9-8(15)7(14)5(24-9)2-4-27(17,18)25-29(22,23)26-28(19,20)21/h1-5,7-9,14-15H,(H,17,18)(H,22,23)(H,11,13,16)(H2,19,20,21)/b4-2+/t5-,7-,8-,9-/m1/s1. The average Bonchev–Trinajstić information content (AvgIpc) is 2.78. The first-order valence-corrected chi connectivity index (χ1v) is 11.9. The summed E-state index contributed by atoms with van der Waals surface area (Å²) in [6, 6.07) is 0.933. The fraction of sp³-hybridized carbons (Fsp3) is 0.400. The predicted octanol–water partition coefficient (Wildman–Crippen LogP) is -1.92. The summed E-state index contributed by atoms with van der Waals surface area (Å²) in [4.78, 5) is 60.2. The van der Waals surface area contributed by atoms with Crippen molar-refractivity contribution >= 4 is 23.2 Å². The lowest BCUT2D eigenvalue weighted by Gasteiger charge is -2.16. The van der Waals surface area contributed by atoms with Crippen LogP contribution < -0.4 is 11.2 Å². The molecule has 0 amide bonds. The molecular weight excluding hydrogens is 465 g/mol. The van der Waals surface area contributed by atoms with E-state index in [1.165, 1.54) is 0 Å². The van der Waals surface area contributed by atoms with Gasteiger partial charge in [-0.3, -0.25) is 18.9 Å². The van der Waals surface area contributed by atoms with Gasteiger partial charge in [0.1, 0.15) is 18.3 Å². The molecule has 0 bridgehead atoms. The Bertz CT molecular complexity index is 1040. The van der Waals surface area contributed by atoms with Crippen molar-refractivity contribution in [1.29, 1.82) is 0 Å². The number of hydrogen-bond acceptors (Lipinski definition) is 10. The zero-order valence-electron chi connectivity index (χ0n) is 13.9. The van der Waals surface area contributed by atoms with E-state index < -0.39 is 59.0 Å². The molecule has 0 saturated carbocycles. The molecule has 0 radical (unpaired) electrons. The molecule has 1 aliphatic rings. The van der Waals surface area contributed by atoms with Crippen LogP contribution in [0, 0.1) is 0 Å². The van der Waals surface area contributed by atoms with Crippen LogP contribution in [0.5, 0.6) is 0 Å². The second-order valence-electron chi connectivity index (χ2n) is 5.52. The van der Waals surface area contributed by atoms with E-state index in [1.54, 1.807) is 0 Å². The number of aromatic amines is 1. The van der Waals surface area contributed by atoms with Gasteiger partial charge in [-0.1, -0.05) is 0 Å². The highest BCUT2D eigenvalue weighted by Gasteiger charge is 2.44. The first-order valence-electron chi connectivity index (χ1n) is 7.26. The van der Waals surface area contributed by atoms with Crippen LogP contribution in [0.15, 0.2) is 33.7 Å². The van der Waals surface area contributed by atoms with Crippen molar-refractivity contribution in [3.63, 3.8) is 0 Å². The minimum absolute atomic E-state index is 0.234. The van der Waals surface area contributed by atoms with Gasteiger partial charge in [-0.25, -0.2) is 18.2 Å². The largest absolute Gasteiger partial charge is 0.488 e. The van der Waals surface area contributed by atoms with Gasteiger partial charge in [-0.2, -0.15) is 4.31 Å². The summed E-state index contributed by atoms with van der Waals surface area (Å²) in [7, 11) is -16.3. The summed E-state index contributed by atoms with van der Waals surface area (Å²) in [6.45, 7) is 0. The summed E-state index contributed by atoms with van der Waals surface area (Å²) >= 11 is 0. The summed E-state index contributed by atoms with van der Waals surface area (Å²) in [5.74, 6) is 0.234. The second-order valence-corrected chi connectivity index (χ2v) is 10.2. The van der Waals surface area contributed by atoms with E-state index in [0.29, 0.717) is 6.08 Å². The Morgan fingerprint density at radius 3 is 2.24 bits per heavy atom. The summed E-state index contributed by atoms with van der Waals surface area (Å²) in [6.07, 6.45) is -4.90. The highest BCUT2D eigenvalue weighted by atomic mass is 31.3. The molecule has 16 nitrogen and oxygen atoms in total. The smallest absolute Gasteiger partial charge is 0.387 e. The van der Waals surface area contributed by atoms with Gasteiger partial charge in [0.15, 0.2) is 6.23 Å². The van der Waals surface area contributed by atoms with Crippen LogP contribution in [0.1, 0.15) is 6.23 Å². The topological polar surface area (TPSA) is 255 Å². The molecule has 0 aliphatic carbocycles. The predicted molar refractivity (Wildman–Crippen MR) is 90.3 cm³/mol. The van der Waals surface area contributed by atoms with E-state index in [-0.39, 0.29) is 5.82 Å². The van der Waals surface area contributed by atoms with Crippen molar-refractivity contribution in [3.05, 3.63) is 45.0 Å². The van der Waals surface area contributed by atoms with Crippen molar-refractivity contribution in [2.45, 2.75) is 24.5 Å². The molecule has 2 heterocycles. The number of hydrogen-bond donors (Lipinski definition) is 7. The number of nitrogens with one attached hydrogen (secondary N) is 1. The monoisotopic (exact) mass is 480 g/mol. The minimum Gasteiger partial charge on any atom is -0.387 e. The van der Waals surface area contributed by atoms with Crippen molar-refractivity contribution in [2.24, 2.45) is 0 Å². The summed E-state index contributed by atoms with van der Waals surface area (Å²) in [5, 5.41) is 20.0. The van der Waals surface area contributed by atoms with Gasteiger partial charge in [0, 0.05) is 18.1 Å². The normalized spacial score (nSPS) is 29.6. The van der Waals surface area contributed by atoms with E-state index in [0.717, 1.165) is 16.8 Å². The number of aliphatic hydroxyl groups is 2. The zero-order valence-corrected chi connectivity index (χ0v) is 16.5. The molecule has 0 spiro atoms. The number of aliphatic hydroxyl groups excluding tert-OH is 2. The highest BCUT2D eigenvalue weighted by molar-refractivity contribution is 7.69. The molecule has 164 valence electrons. The van der Waals surface area contributed by atoms with Crippen LogP contribution in [0.2, 0.25) is 0 Å². The van der Waals surface area contributed by atoms with E-state index in [2.05, 4.69) is 8.62 Å². The first-order chi connectivity index (χ1) is 13.1. The van der Waals surface area contributed by atoms with Crippen molar-refractivity contribution < 1.29 is 56.8 Å². The molecule has 6 atom stereocenters. The Hall–Kier alpha value is -1.25. The van der Waals surface area contributed by atoms with Gasteiger partial charge in [0.25, 0.3) is 5.56 Å². The fourth-order valence-electron chi connectivity index (χ4n) is 2.22. The maximum Gasteiger partial charge on any atom is 0.488 e. The molecule has 2 unspecified atom stereocenters. The molecule has 2 rings (SSSR count). The maximum atomic E-state index is 11.8. The third-order valence-corrected chi connectivity index (χ3v) is 7.28. The van der Waals surface area contributed by atoms with Gasteiger partial charge in [-0.15, -0.1) is 0 Å². The Morgan fingerprint density at radius 2 is 1.69 bits per heavy atom. The van der Waals surface area contributed by atoms with E-state index in [9.17, 15) is 38.4 Å². The Kier molecular flexibility index (Phi) is 7.02. The van der Waals surface area contributed by atoms with Crippen molar-refractivity contribution in [1.82, 2.24) is 9.55 Å². The number of phosphoric acid groups is 2. The molecule has 0 aromatic carbocycles. The maximum absolute atomic E-state index is 11.8. The molecule has 1 saturated heterocycles. The molecule has 1 fully saturated rings. The van der Waals surface area contributed by atoms with Crippen LogP contribution in [0.25, 0.3) is 0 Å². The number of ether oxygens (including phenoxy) is 1. The molecule has 1 aromatic rings. The van der Waals surface area contributed by atoms with Gasteiger partial charge >= 0.3 is 28.9 Å². The van der Waals surface area contributed by atoms with Crippen LogP contribution in [0.3, 0.4) is 0 Å². The first kappa shape index (κ1) is 24.0. The quantitative estimate of drug-likeness (QED) is 0.210. The van der Waals surface area contributed by atoms with E-state index in [1.807, 2.05) is 4.98 Å². The molecule has 29 heavy (non-hydrogen) atoms. The minimum atomic E-state index is -5.65. The zero-order chi connectivity index (χ0) is 22.2. The molecule has 1 aliphatic heterocycles. The molecule has 19 heteroatoms. The second kappa shape index (κ2) is 8.47. The average molecular weight is 480 g/mol. The molecule has 7 N–H and O–H groups in total. The van der Waals surface area contributed by atoms with Crippen LogP contribution >= 0.6 is 23.2 Å². The van der Waals surface area contributed by atoms with Crippen LogP contribution in [-0.2, 0) is 27.1 Å². The van der Waals surface area contributed by atoms with Crippen molar-refractivity contribution in [3.8, 4) is 0 Å². The number of aromatic nitrogens is 2. The Morgan fingerprint density at radius 1 is 1.07 bits per heavy atom. The SMILES string of the molecule is O=c1ccn([C@@H]2O[C@H](/C=C/P(=O)(O)OP(=O)(O)OP(=O)(O)O)[C@@H](O)[C@H]2O)c(=O)[nH]1. The van der Waals surface area contributed by atoms with Gasteiger partial charge in [0.2, 0.25) is 0 Å². The number of nitrogens with zero attached hydrogens (tertiary/aromatic N) is 1. The Balaban J connectivity index is 2.16. The van der Waals surface area contributed by atoms with Gasteiger partial charge in [0.05, 0.1) is 0 Å². The van der Waals surface area contributed by atoms with Gasteiger partial charge < -0.3 is 34.5 Å². The van der Waals surface area contributed by atoms with Crippen LogP contribution in [-0.4, -0.2) is 57.6 Å². The van der Waals surface area contributed by atoms with Crippen LogP contribution in [0.4, 0.5) is 0 Å².